The molecule has 0 spiro atoms. The molecule has 1 aromatic carbocycles. The number of hydrogen-bond donors (Lipinski definition) is 1. The predicted octanol–water partition coefficient (Wildman–Crippen LogP) is 4.21. The average molecular weight is 292 g/mol. The van der Waals surface area contributed by atoms with E-state index in [4.69, 9.17) is 10.5 Å². The topological polar surface area (TPSA) is 38.5 Å². The summed E-state index contributed by atoms with van der Waals surface area (Å²) in [5, 5.41) is 0. The number of rotatable bonds is 12. The number of hydrogen-bond acceptors (Lipinski definition) is 3. The third-order valence-corrected chi connectivity index (χ3v) is 3.85. The largest absolute Gasteiger partial charge is 0.497 e. The lowest BCUT2D eigenvalue weighted by molar-refractivity contribution is 0.415. The first-order chi connectivity index (χ1) is 10.3. The number of anilines is 1. The van der Waals surface area contributed by atoms with Crippen LogP contribution in [-0.4, -0.2) is 26.7 Å². The van der Waals surface area contributed by atoms with Crippen LogP contribution in [0.25, 0.3) is 0 Å². The Balaban J connectivity index is 2.42. The smallest absolute Gasteiger partial charge is 0.119 e. The third-order valence-electron chi connectivity index (χ3n) is 3.85. The van der Waals surface area contributed by atoms with Gasteiger partial charge in [-0.05, 0) is 43.7 Å². The Hall–Kier alpha value is -1.22. The van der Waals surface area contributed by atoms with Gasteiger partial charge in [0.15, 0.2) is 0 Å². The first kappa shape index (κ1) is 17.8. The molecule has 0 bridgehead atoms. The van der Waals surface area contributed by atoms with Crippen molar-refractivity contribution in [3.8, 4) is 5.75 Å². The quantitative estimate of drug-likeness (QED) is 0.586. The average Bonchev–Trinajstić information content (AvgIpc) is 2.53. The van der Waals surface area contributed by atoms with Gasteiger partial charge in [-0.15, -0.1) is 0 Å². The standard InChI is InChI=1S/C18H32N2O/c1-3-4-5-6-7-8-15-20(16-9-14-19)17-10-12-18(21-2)13-11-17/h10-13H,3-9,14-16,19H2,1-2H3. The fraction of sp³-hybridized carbons (Fsp3) is 0.667. The van der Waals surface area contributed by atoms with Crippen molar-refractivity contribution in [3.63, 3.8) is 0 Å². The van der Waals surface area contributed by atoms with Crippen molar-refractivity contribution in [2.24, 2.45) is 5.73 Å². The van der Waals surface area contributed by atoms with Crippen LogP contribution in [0.1, 0.15) is 51.9 Å². The maximum Gasteiger partial charge on any atom is 0.119 e. The molecular formula is C18H32N2O. The van der Waals surface area contributed by atoms with Crippen molar-refractivity contribution < 1.29 is 4.74 Å². The van der Waals surface area contributed by atoms with Crippen LogP contribution in [0.4, 0.5) is 5.69 Å². The molecule has 21 heavy (non-hydrogen) atoms. The third kappa shape index (κ3) is 7.37. The van der Waals surface area contributed by atoms with Crippen LogP contribution in [-0.2, 0) is 0 Å². The Morgan fingerprint density at radius 3 is 2.14 bits per heavy atom. The van der Waals surface area contributed by atoms with Gasteiger partial charge >= 0.3 is 0 Å². The first-order valence-corrected chi connectivity index (χ1v) is 8.41. The molecule has 0 atom stereocenters. The Labute approximate surface area is 130 Å². The van der Waals surface area contributed by atoms with Gasteiger partial charge in [0.25, 0.3) is 0 Å². The van der Waals surface area contributed by atoms with Gasteiger partial charge in [-0.3, -0.25) is 0 Å². The van der Waals surface area contributed by atoms with Gasteiger partial charge in [0, 0.05) is 18.8 Å². The zero-order valence-electron chi connectivity index (χ0n) is 13.8. The summed E-state index contributed by atoms with van der Waals surface area (Å²) >= 11 is 0. The van der Waals surface area contributed by atoms with E-state index in [1.54, 1.807) is 7.11 Å². The van der Waals surface area contributed by atoms with Crippen LogP contribution in [0, 0.1) is 0 Å². The number of ether oxygens (including phenoxy) is 1. The predicted molar refractivity (Wildman–Crippen MR) is 92.3 cm³/mol. The van der Waals surface area contributed by atoms with E-state index in [-0.39, 0.29) is 0 Å². The monoisotopic (exact) mass is 292 g/mol. The highest BCUT2D eigenvalue weighted by atomic mass is 16.5. The van der Waals surface area contributed by atoms with Crippen LogP contribution >= 0.6 is 0 Å². The molecule has 0 unspecified atom stereocenters. The Kier molecular flexibility index (Phi) is 9.71. The van der Waals surface area contributed by atoms with E-state index in [1.165, 1.54) is 44.2 Å². The highest BCUT2D eigenvalue weighted by Gasteiger charge is 2.06. The normalized spacial score (nSPS) is 10.6. The van der Waals surface area contributed by atoms with Crippen molar-refractivity contribution in [1.29, 1.82) is 0 Å². The number of nitrogens with zero attached hydrogens (tertiary/aromatic N) is 1. The van der Waals surface area contributed by atoms with Gasteiger partial charge in [0.05, 0.1) is 7.11 Å². The minimum absolute atomic E-state index is 0.753. The maximum absolute atomic E-state index is 5.66. The van der Waals surface area contributed by atoms with Gasteiger partial charge in [-0.1, -0.05) is 39.0 Å². The Morgan fingerprint density at radius 1 is 0.905 bits per heavy atom. The SMILES string of the molecule is CCCCCCCCN(CCCN)c1ccc(OC)cc1. The molecule has 0 aliphatic carbocycles. The van der Waals surface area contributed by atoms with Gasteiger partial charge in [-0.2, -0.15) is 0 Å². The molecule has 0 aliphatic rings. The molecule has 3 heteroatoms. The molecule has 0 aliphatic heterocycles. The lowest BCUT2D eigenvalue weighted by atomic mass is 10.1. The van der Waals surface area contributed by atoms with Gasteiger partial charge < -0.3 is 15.4 Å². The molecule has 1 aromatic rings. The number of unbranched alkanes of at least 4 members (excludes halogenated alkanes) is 5. The Bertz CT molecular complexity index is 351. The molecule has 120 valence electrons. The van der Waals surface area contributed by atoms with Gasteiger partial charge in [0.1, 0.15) is 5.75 Å². The summed E-state index contributed by atoms with van der Waals surface area (Å²) in [7, 11) is 1.71. The summed E-state index contributed by atoms with van der Waals surface area (Å²) in [4.78, 5) is 2.45. The van der Waals surface area contributed by atoms with Crippen LogP contribution in [0.3, 0.4) is 0 Å². The van der Waals surface area contributed by atoms with Crippen LogP contribution in [0.5, 0.6) is 5.75 Å². The van der Waals surface area contributed by atoms with Crippen molar-refractivity contribution in [3.05, 3.63) is 24.3 Å². The molecule has 0 aromatic heterocycles. The fourth-order valence-corrected chi connectivity index (χ4v) is 2.53. The van der Waals surface area contributed by atoms with E-state index in [9.17, 15) is 0 Å². The number of nitrogens with two attached hydrogens (primary N) is 1. The summed E-state index contributed by atoms with van der Waals surface area (Å²) in [6, 6.07) is 8.36. The van der Waals surface area contributed by atoms with E-state index >= 15 is 0 Å². The van der Waals surface area contributed by atoms with Gasteiger partial charge in [-0.25, -0.2) is 0 Å². The molecule has 0 amide bonds. The van der Waals surface area contributed by atoms with E-state index < -0.39 is 0 Å². The summed E-state index contributed by atoms with van der Waals surface area (Å²) < 4.78 is 5.23. The minimum Gasteiger partial charge on any atom is -0.497 e. The van der Waals surface area contributed by atoms with Crippen LogP contribution < -0.4 is 15.4 Å². The van der Waals surface area contributed by atoms with Crippen molar-refractivity contribution in [1.82, 2.24) is 0 Å². The van der Waals surface area contributed by atoms with Crippen molar-refractivity contribution in [2.45, 2.75) is 51.9 Å². The lowest BCUT2D eigenvalue weighted by Gasteiger charge is -2.25. The van der Waals surface area contributed by atoms with Crippen molar-refractivity contribution in [2.75, 3.05) is 31.6 Å². The summed E-state index contributed by atoms with van der Waals surface area (Å²) in [5.74, 6) is 0.914. The molecule has 0 heterocycles. The van der Waals surface area contributed by atoms with Gasteiger partial charge in [0.2, 0.25) is 0 Å². The summed E-state index contributed by atoms with van der Waals surface area (Å²) in [6.45, 7) is 5.18. The highest BCUT2D eigenvalue weighted by Crippen LogP contribution is 2.20. The van der Waals surface area contributed by atoms with E-state index in [0.29, 0.717) is 0 Å². The second kappa shape index (κ2) is 11.4. The van der Waals surface area contributed by atoms with Crippen LogP contribution in [0.15, 0.2) is 24.3 Å². The van der Waals surface area contributed by atoms with E-state index in [2.05, 4.69) is 24.0 Å². The molecule has 1 rings (SSSR count). The zero-order chi connectivity index (χ0) is 15.3. The summed E-state index contributed by atoms with van der Waals surface area (Å²) in [5.41, 5.74) is 6.94. The molecule has 0 saturated heterocycles. The molecule has 0 fully saturated rings. The van der Waals surface area contributed by atoms with E-state index in [1.807, 2.05) is 12.1 Å². The molecule has 0 saturated carbocycles. The molecule has 3 nitrogen and oxygen atoms in total. The second-order valence-corrected chi connectivity index (χ2v) is 5.60. The number of benzene rings is 1. The highest BCUT2D eigenvalue weighted by molar-refractivity contribution is 5.49. The summed E-state index contributed by atoms with van der Waals surface area (Å²) in [6.07, 6.45) is 9.06. The molecular weight excluding hydrogens is 260 g/mol. The second-order valence-electron chi connectivity index (χ2n) is 5.60. The van der Waals surface area contributed by atoms with Crippen molar-refractivity contribution >= 4 is 5.69 Å². The van der Waals surface area contributed by atoms with Crippen LogP contribution in [0.2, 0.25) is 0 Å². The lowest BCUT2D eigenvalue weighted by Crippen LogP contribution is -2.27. The fourth-order valence-electron chi connectivity index (χ4n) is 2.53. The first-order valence-electron chi connectivity index (χ1n) is 8.41. The Morgan fingerprint density at radius 2 is 1.52 bits per heavy atom. The minimum atomic E-state index is 0.753. The molecule has 0 radical (unpaired) electrons. The number of methoxy groups -OCH3 is 1. The zero-order valence-corrected chi connectivity index (χ0v) is 13.8. The maximum atomic E-state index is 5.66. The van der Waals surface area contributed by atoms with E-state index in [0.717, 1.165) is 31.8 Å². The molecule has 2 N–H and O–H groups in total.